The Morgan fingerprint density at radius 2 is 1.59 bits per heavy atom. The number of carbonyl (C=O) groups excluding carboxylic acids is 1. The molecular weight excluding hydrogens is 391 g/mol. The van der Waals surface area contributed by atoms with Gasteiger partial charge in [-0.25, -0.2) is 12.8 Å². The molecule has 3 aromatic rings. The summed E-state index contributed by atoms with van der Waals surface area (Å²) in [6.07, 6.45) is 0. The lowest BCUT2D eigenvalue weighted by atomic mass is 10.2. The predicted molar refractivity (Wildman–Crippen MR) is 111 cm³/mol. The molecule has 0 spiro atoms. The number of amides is 1. The van der Waals surface area contributed by atoms with Gasteiger partial charge in [0.15, 0.2) is 0 Å². The summed E-state index contributed by atoms with van der Waals surface area (Å²) in [5, 5.41) is 2.66. The van der Waals surface area contributed by atoms with Crippen LogP contribution >= 0.6 is 0 Å². The maximum absolute atomic E-state index is 14.1. The normalized spacial score (nSPS) is 11.7. The smallest absolute Gasteiger partial charge is 0.259 e. The first-order valence-electron chi connectivity index (χ1n) is 9.23. The summed E-state index contributed by atoms with van der Waals surface area (Å²) in [7, 11) is -3.90. The molecule has 5 nitrogen and oxygen atoms in total. The molecule has 0 aliphatic rings. The molecule has 152 valence electrons. The Balaban J connectivity index is 2.22. The van der Waals surface area contributed by atoms with Crippen LogP contribution < -0.4 is 5.32 Å². The Morgan fingerprint density at radius 3 is 2.17 bits per heavy atom. The van der Waals surface area contributed by atoms with Crippen LogP contribution in [0.4, 0.5) is 10.2 Å². The number of carbonyl (C=O) groups is 1. The van der Waals surface area contributed by atoms with Gasteiger partial charge in [-0.05, 0) is 57.5 Å². The number of hydrogen-bond donors (Lipinski definition) is 1. The summed E-state index contributed by atoms with van der Waals surface area (Å²) in [5.74, 6) is -1.23. The zero-order valence-electron chi connectivity index (χ0n) is 16.7. The second-order valence-electron chi connectivity index (χ2n) is 7.10. The van der Waals surface area contributed by atoms with Crippen LogP contribution in [0.1, 0.15) is 41.5 Å². The third kappa shape index (κ3) is 3.70. The second kappa shape index (κ2) is 7.83. The summed E-state index contributed by atoms with van der Waals surface area (Å²) < 4.78 is 42.7. The fourth-order valence-electron chi connectivity index (χ4n) is 3.43. The third-order valence-electron chi connectivity index (χ3n) is 4.89. The molecule has 0 fully saturated rings. The number of rotatable bonds is 5. The molecule has 0 bridgehead atoms. The number of sulfone groups is 1. The van der Waals surface area contributed by atoms with E-state index in [1.165, 1.54) is 30.3 Å². The predicted octanol–water partition coefficient (Wildman–Crippen LogP) is 4.91. The largest absolute Gasteiger partial charge is 0.328 e. The zero-order chi connectivity index (χ0) is 21.3. The summed E-state index contributed by atoms with van der Waals surface area (Å²) >= 11 is 0. The van der Waals surface area contributed by atoms with Crippen molar-refractivity contribution < 1.29 is 17.6 Å². The molecule has 1 amide bonds. The molecule has 1 heterocycles. The average molecular weight is 415 g/mol. The molecule has 0 atom stereocenters. The second-order valence-corrected chi connectivity index (χ2v) is 8.99. The van der Waals surface area contributed by atoms with Crippen molar-refractivity contribution in [1.29, 1.82) is 0 Å². The van der Waals surface area contributed by atoms with E-state index in [4.69, 9.17) is 0 Å². The van der Waals surface area contributed by atoms with Gasteiger partial charge >= 0.3 is 0 Å². The van der Waals surface area contributed by atoms with Crippen LogP contribution in [0.15, 0.2) is 64.4 Å². The van der Waals surface area contributed by atoms with E-state index in [1.54, 1.807) is 42.7 Å². The van der Waals surface area contributed by atoms with Gasteiger partial charge in [-0.15, -0.1) is 0 Å². The van der Waals surface area contributed by atoms with Crippen molar-refractivity contribution in [3.63, 3.8) is 0 Å². The van der Waals surface area contributed by atoms with E-state index in [1.807, 2.05) is 13.8 Å². The molecule has 0 saturated heterocycles. The molecule has 0 aliphatic carbocycles. The Bertz CT molecular complexity index is 1170. The van der Waals surface area contributed by atoms with Crippen molar-refractivity contribution in [2.45, 2.75) is 43.5 Å². The topological polar surface area (TPSA) is 68.2 Å². The molecule has 0 saturated carbocycles. The highest BCUT2D eigenvalue weighted by molar-refractivity contribution is 7.91. The van der Waals surface area contributed by atoms with E-state index in [-0.39, 0.29) is 27.2 Å². The molecule has 7 heteroatoms. The Labute approximate surface area is 170 Å². The van der Waals surface area contributed by atoms with Crippen molar-refractivity contribution >= 4 is 21.6 Å². The highest BCUT2D eigenvalue weighted by Gasteiger charge is 2.31. The molecule has 0 aliphatic heterocycles. The first-order valence-corrected chi connectivity index (χ1v) is 10.7. The van der Waals surface area contributed by atoms with Crippen LogP contribution in [-0.4, -0.2) is 18.9 Å². The number of halogens is 1. The number of anilines is 1. The molecule has 29 heavy (non-hydrogen) atoms. The van der Waals surface area contributed by atoms with Crippen LogP contribution in [0.5, 0.6) is 0 Å². The molecule has 0 radical (unpaired) electrons. The fourth-order valence-corrected chi connectivity index (χ4v) is 5.13. The Kier molecular flexibility index (Phi) is 5.61. The average Bonchev–Trinajstić information content (AvgIpc) is 2.93. The minimum atomic E-state index is -3.90. The van der Waals surface area contributed by atoms with Gasteiger partial charge in [-0.1, -0.05) is 30.3 Å². The highest BCUT2D eigenvalue weighted by Crippen LogP contribution is 2.37. The van der Waals surface area contributed by atoms with Crippen molar-refractivity contribution in [3.05, 3.63) is 77.2 Å². The third-order valence-corrected chi connectivity index (χ3v) is 6.82. The highest BCUT2D eigenvalue weighted by atomic mass is 32.2. The first kappa shape index (κ1) is 20.8. The van der Waals surface area contributed by atoms with E-state index in [0.29, 0.717) is 5.56 Å². The summed E-state index contributed by atoms with van der Waals surface area (Å²) in [6, 6.07) is 13.5. The first-order chi connectivity index (χ1) is 13.7. The van der Waals surface area contributed by atoms with Gasteiger partial charge in [0.1, 0.15) is 16.5 Å². The monoisotopic (exact) mass is 414 g/mol. The summed E-state index contributed by atoms with van der Waals surface area (Å²) in [5.41, 5.74) is 1.12. The number of aromatic nitrogens is 1. The van der Waals surface area contributed by atoms with Gasteiger partial charge in [-0.2, -0.15) is 0 Å². The lowest BCUT2D eigenvalue weighted by molar-refractivity contribution is 0.102. The van der Waals surface area contributed by atoms with Gasteiger partial charge in [0.25, 0.3) is 5.91 Å². The lowest BCUT2D eigenvalue weighted by Gasteiger charge is -2.17. The van der Waals surface area contributed by atoms with Gasteiger partial charge in [-0.3, -0.25) is 4.79 Å². The van der Waals surface area contributed by atoms with Crippen LogP contribution in [0.2, 0.25) is 0 Å². The SMILES string of the molecule is Cc1c(S(=O)(=O)c2ccccc2)c(NC(=O)c2ccccc2F)n(C(C)C)c1C. The zero-order valence-corrected chi connectivity index (χ0v) is 17.5. The van der Waals surface area contributed by atoms with Crippen LogP contribution in [0.25, 0.3) is 0 Å². The minimum Gasteiger partial charge on any atom is -0.328 e. The lowest BCUT2D eigenvalue weighted by Crippen LogP contribution is -2.19. The molecular formula is C22H23FN2O3S. The summed E-state index contributed by atoms with van der Waals surface area (Å²) in [4.78, 5) is 12.9. The van der Waals surface area contributed by atoms with Crippen LogP contribution in [0.3, 0.4) is 0 Å². The maximum Gasteiger partial charge on any atom is 0.259 e. The Morgan fingerprint density at radius 1 is 1.00 bits per heavy atom. The molecule has 2 aromatic carbocycles. The van der Waals surface area contributed by atoms with Crippen molar-refractivity contribution in [1.82, 2.24) is 4.57 Å². The molecule has 0 unspecified atom stereocenters. The molecule has 3 rings (SSSR count). The van der Waals surface area contributed by atoms with E-state index in [0.717, 1.165) is 5.69 Å². The molecule has 1 aromatic heterocycles. The van der Waals surface area contributed by atoms with Gasteiger partial charge < -0.3 is 9.88 Å². The van der Waals surface area contributed by atoms with E-state index < -0.39 is 21.6 Å². The van der Waals surface area contributed by atoms with Crippen LogP contribution in [-0.2, 0) is 9.84 Å². The number of hydrogen-bond acceptors (Lipinski definition) is 3. The number of nitrogens with zero attached hydrogens (tertiary/aromatic N) is 1. The Hall–Kier alpha value is -2.93. The standard InChI is InChI=1S/C22H23FN2O3S/c1-14(2)25-16(4)15(3)20(29(27,28)17-10-6-5-7-11-17)21(25)24-22(26)18-12-8-9-13-19(18)23/h5-14H,1-4H3,(H,24,26). The molecule has 1 N–H and O–H groups in total. The fraction of sp³-hybridized carbons (Fsp3) is 0.227. The van der Waals surface area contributed by atoms with Gasteiger partial charge in [0.05, 0.1) is 10.5 Å². The van der Waals surface area contributed by atoms with Crippen molar-refractivity contribution in [2.75, 3.05) is 5.32 Å². The van der Waals surface area contributed by atoms with E-state index in [2.05, 4.69) is 5.32 Å². The number of benzene rings is 2. The van der Waals surface area contributed by atoms with Gasteiger partial charge in [0.2, 0.25) is 9.84 Å². The van der Waals surface area contributed by atoms with Crippen molar-refractivity contribution in [2.24, 2.45) is 0 Å². The maximum atomic E-state index is 14.1. The van der Waals surface area contributed by atoms with Gasteiger partial charge in [0, 0.05) is 11.7 Å². The van der Waals surface area contributed by atoms with Crippen LogP contribution in [0, 0.1) is 19.7 Å². The quantitative estimate of drug-likeness (QED) is 0.645. The minimum absolute atomic E-state index is 0.0274. The van der Waals surface area contributed by atoms with Crippen molar-refractivity contribution in [3.8, 4) is 0 Å². The summed E-state index contributed by atoms with van der Waals surface area (Å²) in [6.45, 7) is 7.30. The number of nitrogens with one attached hydrogen (secondary N) is 1. The van der Waals surface area contributed by atoms with E-state index in [9.17, 15) is 17.6 Å². The van der Waals surface area contributed by atoms with E-state index >= 15 is 0 Å².